The van der Waals surface area contributed by atoms with E-state index < -0.39 is 0 Å². The van der Waals surface area contributed by atoms with Crippen molar-refractivity contribution in [2.45, 2.75) is 36.8 Å². The van der Waals surface area contributed by atoms with Crippen LogP contribution >= 0.6 is 0 Å². The Bertz CT molecular complexity index is 702. The number of fused-ring (bicyclic) bond motifs is 1. The summed E-state index contributed by atoms with van der Waals surface area (Å²) in [5, 5.41) is 10.9. The molecule has 0 spiro atoms. The van der Waals surface area contributed by atoms with Gasteiger partial charge in [-0.05, 0) is 50.6 Å². The first kappa shape index (κ1) is 15.8. The van der Waals surface area contributed by atoms with Gasteiger partial charge in [-0.15, -0.1) is 0 Å². The largest absolute Gasteiger partial charge is 0.504 e. The van der Waals surface area contributed by atoms with Crippen molar-refractivity contribution < 1.29 is 14.6 Å². The Kier molecular flexibility index (Phi) is 3.55. The molecule has 1 aromatic rings. The van der Waals surface area contributed by atoms with Gasteiger partial charge in [0.2, 0.25) is 0 Å². The van der Waals surface area contributed by atoms with Gasteiger partial charge in [0.25, 0.3) is 0 Å². The van der Waals surface area contributed by atoms with E-state index in [1.54, 1.807) is 14.2 Å². The molecule has 0 aromatic heterocycles. The second-order valence-corrected chi connectivity index (χ2v) is 7.42. The summed E-state index contributed by atoms with van der Waals surface area (Å²) in [5.41, 5.74) is 8.56. The summed E-state index contributed by atoms with van der Waals surface area (Å²) in [4.78, 5) is 2.44. The first-order valence-corrected chi connectivity index (χ1v) is 8.62. The van der Waals surface area contributed by atoms with Crippen LogP contribution in [0.5, 0.6) is 11.5 Å². The van der Waals surface area contributed by atoms with E-state index in [9.17, 15) is 5.11 Å². The Morgan fingerprint density at radius 3 is 2.79 bits per heavy atom. The van der Waals surface area contributed by atoms with Crippen molar-refractivity contribution in [2.75, 3.05) is 27.8 Å². The van der Waals surface area contributed by atoms with Crippen LogP contribution in [-0.2, 0) is 16.6 Å². The first-order chi connectivity index (χ1) is 11.5. The third-order valence-electron chi connectivity index (χ3n) is 6.43. The molecule has 24 heavy (non-hydrogen) atoms. The fourth-order valence-electron chi connectivity index (χ4n) is 5.28. The highest BCUT2D eigenvalue weighted by molar-refractivity contribution is 5.57. The average molecular weight is 330 g/mol. The summed E-state index contributed by atoms with van der Waals surface area (Å²) in [6.07, 6.45) is 4.93. The number of hydrogen-bond acceptors (Lipinski definition) is 5. The summed E-state index contributed by atoms with van der Waals surface area (Å²) >= 11 is 0. The normalized spacial score (nSPS) is 34.8. The molecule has 0 radical (unpaired) electrons. The van der Waals surface area contributed by atoms with Gasteiger partial charge < -0.3 is 25.2 Å². The van der Waals surface area contributed by atoms with E-state index in [0.29, 0.717) is 23.5 Å². The molecule has 130 valence electrons. The molecule has 5 heteroatoms. The fourth-order valence-corrected chi connectivity index (χ4v) is 5.28. The van der Waals surface area contributed by atoms with Crippen molar-refractivity contribution in [3.8, 4) is 11.5 Å². The quantitative estimate of drug-likeness (QED) is 0.865. The minimum absolute atomic E-state index is 0.133. The highest BCUT2D eigenvalue weighted by Crippen LogP contribution is 2.58. The summed E-state index contributed by atoms with van der Waals surface area (Å²) in [6, 6.07) is 4.27. The lowest BCUT2D eigenvalue weighted by atomic mass is 9.53. The van der Waals surface area contributed by atoms with E-state index in [1.165, 1.54) is 5.56 Å². The van der Waals surface area contributed by atoms with Crippen LogP contribution in [0.25, 0.3) is 0 Å². The van der Waals surface area contributed by atoms with Crippen molar-refractivity contribution in [1.29, 1.82) is 0 Å². The third-order valence-corrected chi connectivity index (χ3v) is 6.43. The van der Waals surface area contributed by atoms with Crippen LogP contribution in [0.2, 0.25) is 0 Å². The Morgan fingerprint density at radius 2 is 2.08 bits per heavy atom. The number of nitrogens with zero attached hydrogens (tertiary/aromatic N) is 1. The maximum atomic E-state index is 10.9. The first-order valence-electron chi connectivity index (χ1n) is 8.62. The molecule has 1 heterocycles. The van der Waals surface area contributed by atoms with Gasteiger partial charge in [-0.25, -0.2) is 0 Å². The molecule has 5 nitrogen and oxygen atoms in total. The van der Waals surface area contributed by atoms with Gasteiger partial charge in [0.05, 0.1) is 20.3 Å². The van der Waals surface area contributed by atoms with E-state index in [0.717, 1.165) is 37.1 Å². The molecule has 0 saturated carbocycles. The predicted molar refractivity (Wildman–Crippen MR) is 92.3 cm³/mol. The van der Waals surface area contributed by atoms with Gasteiger partial charge in [-0.2, -0.15) is 0 Å². The predicted octanol–water partition coefficient (Wildman–Crippen LogP) is 1.78. The van der Waals surface area contributed by atoms with Crippen LogP contribution in [0.1, 0.15) is 24.0 Å². The molecule has 2 aliphatic carbocycles. The number of likely N-dealkylation sites (tertiary alicyclic amines) is 1. The molecule has 1 aromatic carbocycles. The lowest BCUT2D eigenvalue weighted by Gasteiger charge is -2.57. The summed E-state index contributed by atoms with van der Waals surface area (Å²) in [6.45, 7) is 1.01. The van der Waals surface area contributed by atoms with Crippen LogP contribution in [0.15, 0.2) is 24.0 Å². The van der Waals surface area contributed by atoms with Gasteiger partial charge in [0.1, 0.15) is 5.76 Å². The van der Waals surface area contributed by atoms with E-state index >= 15 is 0 Å². The number of phenolic OH excluding ortho intramolecular Hbond substituents is 1. The second kappa shape index (κ2) is 5.39. The number of rotatable bonds is 2. The lowest BCUT2D eigenvalue weighted by Crippen LogP contribution is -2.61. The Morgan fingerprint density at radius 1 is 1.29 bits per heavy atom. The molecule has 2 bridgehead atoms. The van der Waals surface area contributed by atoms with E-state index in [1.807, 2.05) is 6.07 Å². The van der Waals surface area contributed by atoms with Crippen LogP contribution in [0.4, 0.5) is 0 Å². The second-order valence-electron chi connectivity index (χ2n) is 7.42. The van der Waals surface area contributed by atoms with Crippen molar-refractivity contribution in [1.82, 2.24) is 4.90 Å². The number of hydrogen-bond donors (Lipinski definition) is 2. The lowest BCUT2D eigenvalue weighted by molar-refractivity contribution is 0.0322. The summed E-state index contributed by atoms with van der Waals surface area (Å²) < 4.78 is 10.9. The Balaban J connectivity index is 1.95. The van der Waals surface area contributed by atoms with Crippen LogP contribution in [-0.4, -0.2) is 49.9 Å². The smallest absolute Gasteiger partial charge is 0.161 e. The number of likely N-dealkylation sites (N-methyl/N-ethyl adjacent to an activating group) is 1. The zero-order valence-electron chi connectivity index (χ0n) is 14.6. The highest BCUT2D eigenvalue weighted by atomic mass is 16.5. The number of piperidine rings is 1. The van der Waals surface area contributed by atoms with Crippen LogP contribution in [0, 0.1) is 5.92 Å². The van der Waals surface area contributed by atoms with E-state index in [2.05, 4.69) is 24.1 Å². The van der Waals surface area contributed by atoms with Crippen LogP contribution in [0.3, 0.4) is 0 Å². The zero-order chi connectivity index (χ0) is 17.1. The average Bonchev–Trinajstić information content (AvgIpc) is 2.57. The van der Waals surface area contributed by atoms with Gasteiger partial charge in [0, 0.05) is 22.9 Å². The zero-order valence-corrected chi connectivity index (χ0v) is 14.6. The molecule has 3 aliphatic rings. The molecular formula is C19H26N2O3. The summed E-state index contributed by atoms with van der Waals surface area (Å²) in [5.74, 6) is 2.03. The minimum Gasteiger partial charge on any atom is -0.504 e. The topological polar surface area (TPSA) is 68.0 Å². The monoisotopic (exact) mass is 330 g/mol. The van der Waals surface area contributed by atoms with Gasteiger partial charge in [-0.1, -0.05) is 6.07 Å². The molecule has 1 unspecified atom stereocenters. The molecule has 4 atom stereocenters. The maximum absolute atomic E-state index is 10.9. The molecule has 4 rings (SSSR count). The standard InChI is InChI=1S/C19H26N2O3/c1-21-7-6-19-10-13(20)16(24-3)9-12(19)14(21)8-11-4-5-15(23-2)18(22)17(11)19/h4-5,9,12-14,22H,6-8,10,20H2,1-3H3/t12-,13?,14+,19-/m0/s1. The fraction of sp³-hybridized carbons (Fsp3) is 0.579. The van der Waals surface area contributed by atoms with E-state index in [4.69, 9.17) is 15.2 Å². The molecule has 1 saturated heterocycles. The van der Waals surface area contributed by atoms with Gasteiger partial charge >= 0.3 is 0 Å². The number of phenols is 1. The number of ether oxygens (including phenoxy) is 2. The molecule has 0 amide bonds. The molecular weight excluding hydrogens is 304 g/mol. The number of methoxy groups -OCH3 is 2. The number of benzene rings is 1. The molecule has 3 N–H and O–H groups in total. The van der Waals surface area contributed by atoms with Crippen molar-refractivity contribution in [2.24, 2.45) is 11.7 Å². The van der Waals surface area contributed by atoms with Crippen molar-refractivity contribution >= 4 is 0 Å². The van der Waals surface area contributed by atoms with Gasteiger partial charge in [-0.3, -0.25) is 0 Å². The third kappa shape index (κ3) is 1.94. The molecule has 1 aliphatic heterocycles. The Hall–Kier alpha value is -1.72. The van der Waals surface area contributed by atoms with Crippen molar-refractivity contribution in [3.63, 3.8) is 0 Å². The SMILES string of the molecule is COC1=C[C@H]2[C@H]3Cc4ccc(OC)c(O)c4[C@@]2(CCN3C)CC1N. The van der Waals surface area contributed by atoms with Gasteiger partial charge in [0.15, 0.2) is 11.5 Å². The molecule has 1 fully saturated rings. The number of nitrogens with two attached hydrogens (primary N) is 1. The van der Waals surface area contributed by atoms with Crippen LogP contribution < -0.4 is 10.5 Å². The maximum Gasteiger partial charge on any atom is 0.161 e. The minimum atomic E-state index is -0.134. The highest BCUT2D eigenvalue weighted by Gasteiger charge is 2.56. The summed E-state index contributed by atoms with van der Waals surface area (Å²) in [7, 11) is 5.49. The Labute approximate surface area is 143 Å². The van der Waals surface area contributed by atoms with Crippen molar-refractivity contribution in [3.05, 3.63) is 35.1 Å². The van der Waals surface area contributed by atoms with E-state index in [-0.39, 0.29) is 11.5 Å². The number of aromatic hydroxyl groups is 1.